The molecule has 1 aliphatic rings. The molecule has 0 radical (unpaired) electrons. The van der Waals surface area contributed by atoms with Gasteiger partial charge in [-0.05, 0) is 25.5 Å². The van der Waals surface area contributed by atoms with Crippen LogP contribution in [-0.2, 0) is 9.53 Å². The third-order valence-corrected chi connectivity index (χ3v) is 2.97. The number of amides is 1. The molecule has 17 heavy (non-hydrogen) atoms. The molecule has 1 aromatic rings. The summed E-state index contributed by atoms with van der Waals surface area (Å²) in [5.41, 5.74) is 1.72. The van der Waals surface area contributed by atoms with Crippen LogP contribution in [0, 0.1) is 6.92 Å². The molecule has 1 amide bonds. The molecule has 0 atom stereocenters. The van der Waals surface area contributed by atoms with Gasteiger partial charge in [-0.25, -0.2) is 0 Å². The zero-order chi connectivity index (χ0) is 12.3. The normalized spacial score (nSPS) is 17.3. The zero-order valence-corrected chi connectivity index (χ0v) is 10.2. The quantitative estimate of drug-likeness (QED) is 0.826. The number of ether oxygens (including phenoxy) is 1. The van der Waals surface area contributed by atoms with E-state index in [1.165, 1.54) is 0 Å². The van der Waals surface area contributed by atoms with Gasteiger partial charge in [-0.3, -0.25) is 4.79 Å². The fourth-order valence-corrected chi connectivity index (χ4v) is 1.72. The number of anilines is 1. The van der Waals surface area contributed by atoms with Gasteiger partial charge >= 0.3 is 0 Å². The Labute approximate surface area is 101 Å². The number of rotatable bonds is 4. The molecule has 4 heteroatoms. The van der Waals surface area contributed by atoms with E-state index in [1.54, 1.807) is 0 Å². The summed E-state index contributed by atoms with van der Waals surface area (Å²) in [7, 11) is 0. The van der Waals surface area contributed by atoms with E-state index < -0.39 is 0 Å². The Bertz CT molecular complexity index is 414. The summed E-state index contributed by atoms with van der Waals surface area (Å²) < 4.78 is 5.56. The molecule has 0 bridgehead atoms. The van der Waals surface area contributed by atoms with Gasteiger partial charge in [0.1, 0.15) is 6.61 Å². The summed E-state index contributed by atoms with van der Waals surface area (Å²) in [6.45, 7) is 5.69. The van der Waals surface area contributed by atoms with Crippen molar-refractivity contribution >= 4 is 11.6 Å². The molecule has 0 spiro atoms. The van der Waals surface area contributed by atoms with Crippen molar-refractivity contribution in [3.8, 4) is 0 Å². The average Bonchev–Trinajstić information content (AvgIpc) is 2.27. The van der Waals surface area contributed by atoms with Crippen molar-refractivity contribution in [1.29, 1.82) is 0 Å². The van der Waals surface area contributed by atoms with Crippen LogP contribution in [-0.4, -0.2) is 31.2 Å². The summed E-state index contributed by atoms with van der Waals surface area (Å²) in [5.74, 6) is -0.104. The first kappa shape index (κ1) is 12.1. The summed E-state index contributed by atoms with van der Waals surface area (Å²) >= 11 is 0. The van der Waals surface area contributed by atoms with Gasteiger partial charge in [-0.15, -0.1) is 0 Å². The Morgan fingerprint density at radius 2 is 2.18 bits per heavy atom. The number of hydrogen-bond acceptors (Lipinski definition) is 3. The summed E-state index contributed by atoms with van der Waals surface area (Å²) in [4.78, 5) is 11.7. The van der Waals surface area contributed by atoms with Crippen molar-refractivity contribution in [3.05, 3.63) is 29.8 Å². The number of aryl methyl sites for hydroxylation is 1. The first-order valence-electron chi connectivity index (χ1n) is 5.79. The molecule has 1 aromatic carbocycles. The van der Waals surface area contributed by atoms with E-state index in [4.69, 9.17) is 4.74 Å². The molecular weight excluding hydrogens is 216 g/mol. The fraction of sp³-hybridized carbons (Fsp3) is 0.462. The maximum Gasteiger partial charge on any atom is 0.250 e. The predicted molar refractivity (Wildman–Crippen MR) is 67.0 cm³/mol. The maximum absolute atomic E-state index is 11.7. The molecule has 92 valence electrons. The highest BCUT2D eigenvalue weighted by molar-refractivity contribution is 5.92. The van der Waals surface area contributed by atoms with Gasteiger partial charge in [0.05, 0.1) is 5.60 Å². The van der Waals surface area contributed by atoms with Gasteiger partial charge in [0.15, 0.2) is 0 Å². The minimum atomic E-state index is -0.178. The Kier molecular flexibility index (Phi) is 3.45. The van der Waals surface area contributed by atoms with Gasteiger partial charge in [0.25, 0.3) is 0 Å². The van der Waals surface area contributed by atoms with E-state index in [0.717, 1.165) is 24.3 Å². The van der Waals surface area contributed by atoms with Gasteiger partial charge in [0.2, 0.25) is 5.91 Å². The third-order valence-electron chi connectivity index (χ3n) is 2.97. The molecule has 1 fully saturated rings. The van der Waals surface area contributed by atoms with Gasteiger partial charge in [-0.2, -0.15) is 0 Å². The molecule has 0 unspecified atom stereocenters. The van der Waals surface area contributed by atoms with Crippen molar-refractivity contribution in [2.24, 2.45) is 0 Å². The Hall–Kier alpha value is -1.39. The number of nitrogens with one attached hydrogen (secondary N) is 2. The number of para-hydroxylation sites is 1. The van der Waals surface area contributed by atoms with Crippen molar-refractivity contribution in [3.63, 3.8) is 0 Å². The highest BCUT2D eigenvalue weighted by Gasteiger charge is 2.32. The first-order chi connectivity index (χ1) is 8.09. The highest BCUT2D eigenvalue weighted by Crippen LogP contribution is 2.16. The van der Waals surface area contributed by atoms with Gasteiger partial charge in [-0.1, -0.05) is 18.2 Å². The Balaban J connectivity index is 1.83. The van der Waals surface area contributed by atoms with E-state index >= 15 is 0 Å². The SMILES string of the molecule is Cc1ccccc1NC(=O)COC1(C)CNC1. The van der Waals surface area contributed by atoms with Crippen LogP contribution in [0.2, 0.25) is 0 Å². The number of hydrogen-bond donors (Lipinski definition) is 2. The largest absolute Gasteiger partial charge is 0.363 e. The van der Waals surface area contributed by atoms with E-state index in [2.05, 4.69) is 10.6 Å². The van der Waals surface area contributed by atoms with Crippen LogP contribution in [0.5, 0.6) is 0 Å². The molecule has 2 N–H and O–H groups in total. The van der Waals surface area contributed by atoms with Crippen molar-refractivity contribution < 1.29 is 9.53 Å². The van der Waals surface area contributed by atoms with E-state index in [0.29, 0.717) is 0 Å². The molecule has 0 aliphatic carbocycles. The topological polar surface area (TPSA) is 50.4 Å². The average molecular weight is 234 g/mol. The maximum atomic E-state index is 11.7. The molecule has 1 aliphatic heterocycles. The number of carbonyl (C=O) groups is 1. The summed E-state index contributed by atoms with van der Waals surface area (Å²) in [6.07, 6.45) is 0. The van der Waals surface area contributed by atoms with Crippen LogP contribution in [0.15, 0.2) is 24.3 Å². The summed E-state index contributed by atoms with van der Waals surface area (Å²) in [6, 6.07) is 7.71. The summed E-state index contributed by atoms with van der Waals surface area (Å²) in [5, 5.41) is 5.97. The number of benzene rings is 1. The van der Waals surface area contributed by atoms with Crippen LogP contribution in [0.1, 0.15) is 12.5 Å². The first-order valence-corrected chi connectivity index (χ1v) is 5.79. The Morgan fingerprint density at radius 1 is 1.47 bits per heavy atom. The van der Waals surface area contributed by atoms with Gasteiger partial charge < -0.3 is 15.4 Å². The lowest BCUT2D eigenvalue weighted by Gasteiger charge is -2.38. The second kappa shape index (κ2) is 4.85. The van der Waals surface area contributed by atoms with E-state index in [9.17, 15) is 4.79 Å². The number of carbonyl (C=O) groups excluding carboxylic acids is 1. The second-order valence-electron chi connectivity index (χ2n) is 4.71. The van der Waals surface area contributed by atoms with Crippen LogP contribution < -0.4 is 10.6 Å². The lowest BCUT2D eigenvalue weighted by Crippen LogP contribution is -2.59. The van der Waals surface area contributed by atoms with Crippen LogP contribution in [0.3, 0.4) is 0 Å². The van der Waals surface area contributed by atoms with Gasteiger partial charge in [0, 0.05) is 18.8 Å². The molecular formula is C13H18N2O2. The molecule has 4 nitrogen and oxygen atoms in total. The van der Waals surface area contributed by atoms with Crippen LogP contribution >= 0.6 is 0 Å². The molecule has 2 rings (SSSR count). The zero-order valence-electron chi connectivity index (χ0n) is 10.2. The second-order valence-corrected chi connectivity index (χ2v) is 4.71. The molecule has 0 aromatic heterocycles. The minimum Gasteiger partial charge on any atom is -0.363 e. The van der Waals surface area contributed by atoms with Crippen LogP contribution in [0.4, 0.5) is 5.69 Å². The third kappa shape index (κ3) is 3.05. The molecule has 1 saturated heterocycles. The van der Waals surface area contributed by atoms with Crippen molar-refractivity contribution in [1.82, 2.24) is 5.32 Å². The van der Waals surface area contributed by atoms with E-state index in [1.807, 2.05) is 38.1 Å². The lowest BCUT2D eigenvalue weighted by molar-refractivity contribution is -0.130. The van der Waals surface area contributed by atoms with Crippen LogP contribution in [0.25, 0.3) is 0 Å². The molecule has 1 heterocycles. The molecule has 0 saturated carbocycles. The van der Waals surface area contributed by atoms with E-state index in [-0.39, 0.29) is 18.1 Å². The lowest BCUT2D eigenvalue weighted by atomic mass is 10.0. The smallest absolute Gasteiger partial charge is 0.250 e. The van der Waals surface area contributed by atoms with Crippen molar-refractivity contribution in [2.75, 3.05) is 25.0 Å². The minimum absolute atomic E-state index is 0.104. The Morgan fingerprint density at radius 3 is 2.76 bits per heavy atom. The highest BCUT2D eigenvalue weighted by atomic mass is 16.5. The standard InChI is InChI=1S/C13H18N2O2/c1-10-5-3-4-6-11(10)15-12(16)7-17-13(2)8-14-9-13/h3-6,14H,7-9H2,1-2H3,(H,15,16). The predicted octanol–water partition coefficient (Wildman–Crippen LogP) is 1.31. The fourth-order valence-electron chi connectivity index (χ4n) is 1.72. The van der Waals surface area contributed by atoms with Crippen molar-refractivity contribution in [2.45, 2.75) is 19.4 Å². The monoisotopic (exact) mass is 234 g/mol.